The Morgan fingerprint density at radius 1 is 1.40 bits per heavy atom. The summed E-state index contributed by atoms with van der Waals surface area (Å²) in [6.07, 6.45) is 0. The number of aliphatic hydroxyl groups excluding tert-OH is 1. The Kier molecular flexibility index (Phi) is 4.80. The van der Waals surface area contributed by atoms with Gasteiger partial charge in [0.2, 0.25) is 5.91 Å². The van der Waals surface area contributed by atoms with Crippen molar-refractivity contribution in [2.45, 2.75) is 13.2 Å². The van der Waals surface area contributed by atoms with E-state index in [1.807, 2.05) is 24.3 Å². The number of carbonyl (C=O) groups excluding carboxylic acids is 1. The summed E-state index contributed by atoms with van der Waals surface area (Å²) >= 11 is 0. The minimum atomic E-state index is -0.0353. The monoisotopic (exact) mass is 208 g/mol. The fourth-order valence-corrected chi connectivity index (χ4v) is 1.26. The average Bonchev–Trinajstić information content (AvgIpc) is 2.27. The second kappa shape index (κ2) is 6.16. The van der Waals surface area contributed by atoms with Crippen molar-refractivity contribution >= 4 is 5.91 Å². The maximum Gasteiger partial charge on any atom is 0.234 e. The molecular formula is C11H16N2O2. The molecule has 0 unspecified atom stereocenters. The van der Waals surface area contributed by atoms with Crippen LogP contribution in [0.15, 0.2) is 24.3 Å². The Labute approximate surface area is 89.3 Å². The van der Waals surface area contributed by atoms with Crippen LogP contribution in [0.4, 0.5) is 0 Å². The molecule has 0 aromatic heterocycles. The number of aliphatic hydroxyl groups is 1. The topological polar surface area (TPSA) is 61.4 Å². The van der Waals surface area contributed by atoms with Crippen molar-refractivity contribution in [1.82, 2.24) is 10.6 Å². The van der Waals surface area contributed by atoms with E-state index in [-0.39, 0.29) is 12.5 Å². The zero-order valence-corrected chi connectivity index (χ0v) is 8.79. The summed E-state index contributed by atoms with van der Waals surface area (Å²) in [6, 6.07) is 7.50. The summed E-state index contributed by atoms with van der Waals surface area (Å²) < 4.78 is 0. The number of amides is 1. The zero-order valence-electron chi connectivity index (χ0n) is 8.79. The van der Waals surface area contributed by atoms with Gasteiger partial charge in [-0.05, 0) is 18.2 Å². The summed E-state index contributed by atoms with van der Waals surface area (Å²) in [5.74, 6) is -0.0353. The molecule has 0 aliphatic carbocycles. The number of carbonyl (C=O) groups is 1. The lowest BCUT2D eigenvalue weighted by Gasteiger charge is -2.05. The molecule has 0 spiro atoms. The van der Waals surface area contributed by atoms with Crippen LogP contribution >= 0.6 is 0 Å². The van der Waals surface area contributed by atoms with Gasteiger partial charge in [0.05, 0.1) is 13.2 Å². The van der Waals surface area contributed by atoms with E-state index in [9.17, 15) is 4.79 Å². The minimum absolute atomic E-state index is 0.0261. The molecule has 0 radical (unpaired) electrons. The van der Waals surface area contributed by atoms with Crippen LogP contribution in [0.2, 0.25) is 0 Å². The average molecular weight is 208 g/mol. The van der Waals surface area contributed by atoms with Gasteiger partial charge in [0.15, 0.2) is 0 Å². The van der Waals surface area contributed by atoms with Crippen LogP contribution in [-0.4, -0.2) is 24.6 Å². The van der Waals surface area contributed by atoms with E-state index in [1.54, 1.807) is 7.05 Å². The van der Waals surface area contributed by atoms with Gasteiger partial charge in [0, 0.05) is 6.54 Å². The lowest BCUT2D eigenvalue weighted by molar-refractivity contribution is -0.120. The summed E-state index contributed by atoms with van der Waals surface area (Å²) in [4.78, 5) is 11.1. The molecule has 0 heterocycles. The molecule has 0 saturated carbocycles. The van der Waals surface area contributed by atoms with Gasteiger partial charge in [-0.3, -0.25) is 4.79 Å². The molecule has 3 N–H and O–H groups in total. The highest BCUT2D eigenvalue weighted by molar-refractivity contribution is 5.77. The fraction of sp³-hybridized carbons (Fsp3) is 0.364. The SMILES string of the molecule is CNCC(=O)NCc1cccc(CO)c1. The summed E-state index contributed by atoms with van der Waals surface area (Å²) in [6.45, 7) is 0.840. The summed E-state index contributed by atoms with van der Waals surface area (Å²) in [5, 5.41) is 14.5. The second-order valence-electron chi connectivity index (χ2n) is 3.29. The third kappa shape index (κ3) is 4.10. The molecule has 15 heavy (non-hydrogen) atoms. The Morgan fingerprint density at radius 3 is 2.80 bits per heavy atom. The van der Waals surface area contributed by atoms with E-state index in [1.165, 1.54) is 0 Å². The van der Waals surface area contributed by atoms with E-state index in [0.717, 1.165) is 11.1 Å². The maximum absolute atomic E-state index is 11.1. The van der Waals surface area contributed by atoms with Crippen LogP contribution in [0, 0.1) is 0 Å². The molecule has 82 valence electrons. The van der Waals surface area contributed by atoms with E-state index in [4.69, 9.17) is 5.11 Å². The summed E-state index contributed by atoms with van der Waals surface area (Å²) in [7, 11) is 1.73. The third-order valence-electron chi connectivity index (χ3n) is 2.00. The lowest BCUT2D eigenvalue weighted by Crippen LogP contribution is -2.31. The molecule has 4 nitrogen and oxygen atoms in total. The van der Waals surface area contributed by atoms with Crippen molar-refractivity contribution in [2.24, 2.45) is 0 Å². The molecule has 4 heteroatoms. The number of benzene rings is 1. The highest BCUT2D eigenvalue weighted by atomic mass is 16.3. The van der Waals surface area contributed by atoms with Crippen LogP contribution in [0.3, 0.4) is 0 Å². The first-order chi connectivity index (χ1) is 7.26. The first kappa shape index (κ1) is 11.7. The Hall–Kier alpha value is -1.39. The fourth-order valence-electron chi connectivity index (χ4n) is 1.26. The zero-order chi connectivity index (χ0) is 11.1. The number of hydrogen-bond acceptors (Lipinski definition) is 3. The van der Waals surface area contributed by atoms with Crippen molar-refractivity contribution in [2.75, 3.05) is 13.6 Å². The quantitative estimate of drug-likeness (QED) is 0.639. The van der Waals surface area contributed by atoms with Crippen LogP contribution in [0.1, 0.15) is 11.1 Å². The molecule has 0 aliphatic rings. The van der Waals surface area contributed by atoms with Crippen molar-refractivity contribution in [3.8, 4) is 0 Å². The minimum Gasteiger partial charge on any atom is -0.392 e. The molecular weight excluding hydrogens is 192 g/mol. The predicted molar refractivity (Wildman–Crippen MR) is 58.1 cm³/mol. The molecule has 0 saturated heterocycles. The summed E-state index contributed by atoms with van der Waals surface area (Å²) in [5.41, 5.74) is 1.85. The molecule has 0 atom stereocenters. The van der Waals surface area contributed by atoms with Gasteiger partial charge >= 0.3 is 0 Å². The van der Waals surface area contributed by atoms with Gasteiger partial charge in [-0.25, -0.2) is 0 Å². The van der Waals surface area contributed by atoms with E-state index in [2.05, 4.69) is 10.6 Å². The van der Waals surface area contributed by atoms with Gasteiger partial charge < -0.3 is 15.7 Å². The van der Waals surface area contributed by atoms with Crippen LogP contribution < -0.4 is 10.6 Å². The number of likely N-dealkylation sites (N-methyl/N-ethyl adjacent to an activating group) is 1. The van der Waals surface area contributed by atoms with Crippen molar-refractivity contribution < 1.29 is 9.90 Å². The molecule has 0 fully saturated rings. The number of rotatable bonds is 5. The number of nitrogens with one attached hydrogen (secondary N) is 2. The van der Waals surface area contributed by atoms with Crippen molar-refractivity contribution in [3.05, 3.63) is 35.4 Å². The van der Waals surface area contributed by atoms with Crippen molar-refractivity contribution in [1.29, 1.82) is 0 Å². The Bertz CT molecular complexity index is 326. The standard InChI is InChI=1S/C11H16N2O2/c1-12-7-11(15)13-6-9-3-2-4-10(5-9)8-14/h2-5,12,14H,6-8H2,1H3,(H,13,15). The Morgan fingerprint density at radius 2 is 2.13 bits per heavy atom. The molecule has 0 bridgehead atoms. The van der Waals surface area contributed by atoms with Gasteiger partial charge in [-0.15, -0.1) is 0 Å². The molecule has 0 aliphatic heterocycles. The van der Waals surface area contributed by atoms with E-state index < -0.39 is 0 Å². The van der Waals surface area contributed by atoms with Gasteiger partial charge in [0.1, 0.15) is 0 Å². The van der Waals surface area contributed by atoms with E-state index >= 15 is 0 Å². The van der Waals surface area contributed by atoms with Crippen LogP contribution in [-0.2, 0) is 17.9 Å². The lowest BCUT2D eigenvalue weighted by atomic mass is 10.1. The number of hydrogen-bond donors (Lipinski definition) is 3. The highest BCUT2D eigenvalue weighted by Crippen LogP contribution is 2.04. The first-order valence-corrected chi connectivity index (χ1v) is 4.86. The molecule has 1 amide bonds. The molecule has 1 aromatic rings. The van der Waals surface area contributed by atoms with Gasteiger partial charge in [-0.2, -0.15) is 0 Å². The van der Waals surface area contributed by atoms with Gasteiger partial charge in [0.25, 0.3) is 0 Å². The largest absolute Gasteiger partial charge is 0.392 e. The van der Waals surface area contributed by atoms with E-state index in [0.29, 0.717) is 13.1 Å². The normalized spacial score (nSPS) is 10.0. The smallest absolute Gasteiger partial charge is 0.234 e. The second-order valence-corrected chi connectivity index (χ2v) is 3.29. The molecule has 1 rings (SSSR count). The van der Waals surface area contributed by atoms with Crippen LogP contribution in [0.25, 0.3) is 0 Å². The molecule has 1 aromatic carbocycles. The third-order valence-corrected chi connectivity index (χ3v) is 2.00. The van der Waals surface area contributed by atoms with Crippen molar-refractivity contribution in [3.63, 3.8) is 0 Å². The first-order valence-electron chi connectivity index (χ1n) is 4.86. The predicted octanol–water partition coefficient (Wildman–Crippen LogP) is 0.0145. The highest BCUT2D eigenvalue weighted by Gasteiger charge is 1.99. The van der Waals surface area contributed by atoms with Crippen LogP contribution in [0.5, 0.6) is 0 Å². The maximum atomic E-state index is 11.1. The van der Waals surface area contributed by atoms with Gasteiger partial charge in [-0.1, -0.05) is 24.3 Å². The Balaban J connectivity index is 2.46.